The molecule has 0 aromatic carbocycles. The van der Waals surface area contributed by atoms with Crippen molar-refractivity contribution in [2.75, 3.05) is 13.6 Å². The Morgan fingerprint density at radius 2 is 2.57 bits per heavy atom. The summed E-state index contributed by atoms with van der Waals surface area (Å²) in [5.74, 6) is 0. The fourth-order valence-electron chi connectivity index (χ4n) is 0.752. The number of halogens is 1. The zero-order valence-corrected chi connectivity index (χ0v) is 5.15. The molecule has 2 heteroatoms. The van der Waals surface area contributed by atoms with Gasteiger partial charge in [-0.1, -0.05) is 0 Å². The summed E-state index contributed by atoms with van der Waals surface area (Å²) in [6, 6.07) is 0. The Morgan fingerprint density at radius 3 is 2.71 bits per heavy atom. The summed E-state index contributed by atoms with van der Waals surface area (Å²) >= 11 is 5.71. The Balaban J connectivity index is 2.26. The highest BCUT2D eigenvalue weighted by Gasteiger charge is 2.16. The van der Waals surface area contributed by atoms with E-state index in [1.165, 1.54) is 0 Å². The zero-order chi connectivity index (χ0) is 5.28. The van der Waals surface area contributed by atoms with Crippen LogP contribution in [0.5, 0.6) is 0 Å². The van der Waals surface area contributed by atoms with E-state index in [1.807, 2.05) is 13.6 Å². The molecule has 1 unspecified atom stereocenters. The molecule has 1 fully saturated rings. The fourth-order valence-corrected chi connectivity index (χ4v) is 1.04. The zero-order valence-electron chi connectivity index (χ0n) is 4.39. The molecule has 1 radical (unpaired) electrons. The van der Waals surface area contributed by atoms with E-state index in [1.54, 1.807) is 0 Å². The van der Waals surface area contributed by atoms with Gasteiger partial charge in [-0.25, -0.2) is 0 Å². The predicted octanol–water partition coefficient (Wildman–Crippen LogP) is 1.09. The summed E-state index contributed by atoms with van der Waals surface area (Å²) in [6.45, 7) is 3.16. The van der Waals surface area contributed by atoms with Gasteiger partial charge in [-0.2, -0.15) is 0 Å². The molecule has 0 aromatic heterocycles. The predicted molar refractivity (Wildman–Crippen MR) is 31.2 cm³/mol. The van der Waals surface area contributed by atoms with Crippen LogP contribution in [0, 0.1) is 6.54 Å². The number of likely N-dealkylation sites (tertiary alicyclic amines) is 1. The molecule has 1 saturated heterocycles. The third kappa shape index (κ3) is 1.32. The largest absolute Gasteiger partial charge is 0.300 e. The molecule has 0 aliphatic carbocycles. The summed E-state index contributed by atoms with van der Waals surface area (Å²) in [5.41, 5.74) is 0. The summed E-state index contributed by atoms with van der Waals surface area (Å²) in [5, 5.41) is 0.296. The average molecular weight is 119 g/mol. The van der Waals surface area contributed by atoms with Crippen molar-refractivity contribution in [3.05, 3.63) is 6.54 Å². The van der Waals surface area contributed by atoms with Crippen LogP contribution in [0.2, 0.25) is 0 Å². The van der Waals surface area contributed by atoms with Crippen LogP contribution < -0.4 is 0 Å². The van der Waals surface area contributed by atoms with Gasteiger partial charge in [0.15, 0.2) is 0 Å². The maximum atomic E-state index is 5.71. The van der Waals surface area contributed by atoms with Gasteiger partial charge in [0, 0.05) is 6.54 Å². The molecule has 1 atom stereocenters. The van der Waals surface area contributed by atoms with Crippen LogP contribution in [0.4, 0.5) is 0 Å². The highest BCUT2D eigenvalue weighted by Crippen LogP contribution is 2.15. The molecule has 0 bridgehead atoms. The van der Waals surface area contributed by atoms with Crippen molar-refractivity contribution in [2.45, 2.75) is 11.8 Å². The third-order valence-electron chi connectivity index (χ3n) is 1.17. The van der Waals surface area contributed by atoms with Crippen LogP contribution in [-0.4, -0.2) is 23.9 Å². The maximum Gasteiger partial charge on any atom is 0.0519 e. The molecular weight excluding hydrogens is 110 g/mol. The van der Waals surface area contributed by atoms with Crippen LogP contribution in [0.1, 0.15) is 6.42 Å². The summed E-state index contributed by atoms with van der Waals surface area (Å²) in [7, 11) is 2.04. The molecule has 41 valence electrons. The van der Waals surface area contributed by atoms with E-state index >= 15 is 0 Å². The van der Waals surface area contributed by atoms with Gasteiger partial charge >= 0.3 is 0 Å². The normalized spacial score (nSPS) is 34.3. The van der Waals surface area contributed by atoms with Crippen molar-refractivity contribution < 1.29 is 0 Å². The molecule has 0 saturated carbocycles. The SMILES string of the molecule is CN1[CH]C(Cl)CC1. The molecule has 1 heterocycles. The molecular formula is C5H9ClN. The highest BCUT2D eigenvalue weighted by atomic mass is 35.5. The van der Waals surface area contributed by atoms with Gasteiger partial charge in [-0.15, -0.1) is 11.6 Å². The summed E-state index contributed by atoms with van der Waals surface area (Å²) < 4.78 is 0. The first-order valence-corrected chi connectivity index (χ1v) is 2.92. The number of rotatable bonds is 0. The van der Waals surface area contributed by atoms with Crippen LogP contribution in [0.25, 0.3) is 0 Å². The van der Waals surface area contributed by atoms with E-state index in [0.29, 0.717) is 5.38 Å². The summed E-state index contributed by atoms with van der Waals surface area (Å²) in [6.07, 6.45) is 1.11. The Hall–Kier alpha value is 0.250. The minimum Gasteiger partial charge on any atom is -0.300 e. The van der Waals surface area contributed by atoms with E-state index < -0.39 is 0 Å². The number of nitrogens with zero attached hydrogens (tertiary/aromatic N) is 1. The van der Waals surface area contributed by atoms with Gasteiger partial charge in [0.05, 0.1) is 5.38 Å². The molecule has 1 aliphatic rings. The van der Waals surface area contributed by atoms with Crippen LogP contribution >= 0.6 is 11.6 Å². The van der Waals surface area contributed by atoms with Crippen molar-refractivity contribution in [1.82, 2.24) is 4.90 Å². The second-order valence-electron chi connectivity index (χ2n) is 1.93. The van der Waals surface area contributed by atoms with Gasteiger partial charge < -0.3 is 4.90 Å². The van der Waals surface area contributed by atoms with Gasteiger partial charge in [0.1, 0.15) is 0 Å². The first-order valence-electron chi connectivity index (χ1n) is 2.48. The molecule has 0 amide bonds. The first-order chi connectivity index (χ1) is 3.29. The molecule has 0 aromatic rings. The van der Waals surface area contributed by atoms with Gasteiger partial charge in [0.25, 0.3) is 0 Å². The average Bonchev–Trinajstić information content (AvgIpc) is 1.87. The van der Waals surface area contributed by atoms with Crippen LogP contribution in [-0.2, 0) is 0 Å². The lowest BCUT2D eigenvalue weighted by Crippen LogP contribution is -2.07. The quantitative estimate of drug-likeness (QED) is 0.431. The monoisotopic (exact) mass is 118 g/mol. The van der Waals surface area contributed by atoms with E-state index in [2.05, 4.69) is 4.90 Å². The van der Waals surface area contributed by atoms with Crippen molar-refractivity contribution in [3.63, 3.8) is 0 Å². The van der Waals surface area contributed by atoms with E-state index in [9.17, 15) is 0 Å². The van der Waals surface area contributed by atoms with Gasteiger partial charge in [-0.3, -0.25) is 0 Å². The van der Waals surface area contributed by atoms with E-state index in [4.69, 9.17) is 11.6 Å². The Bertz CT molecular complexity index is 57.1. The number of hydrogen-bond acceptors (Lipinski definition) is 1. The number of hydrogen-bond donors (Lipinski definition) is 0. The van der Waals surface area contributed by atoms with Crippen LogP contribution in [0.3, 0.4) is 0 Å². The second kappa shape index (κ2) is 2.01. The van der Waals surface area contributed by atoms with Crippen molar-refractivity contribution in [3.8, 4) is 0 Å². The molecule has 7 heavy (non-hydrogen) atoms. The Morgan fingerprint density at radius 1 is 1.86 bits per heavy atom. The topological polar surface area (TPSA) is 3.24 Å². The van der Waals surface area contributed by atoms with Crippen molar-refractivity contribution in [2.24, 2.45) is 0 Å². The van der Waals surface area contributed by atoms with Gasteiger partial charge in [0.2, 0.25) is 0 Å². The Labute approximate surface area is 49.3 Å². The fraction of sp³-hybridized carbons (Fsp3) is 0.800. The van der Waals surface area contributed by atoms with E-state index in [-0.39, 0.29) is 0 Å². The van der Waals surface area contributed by atoms with Crippen LogP contribution in [0.15, 0.2) is 0 Å². The highest BCUT2D eigenvalue weighted by molar-refractivity contribution is 6.21. The lowest BCUT2D eigenvalue weighted by atomic mass is 10.4. The number of alkyl halides is 1. The standard InChI is InChI=1S/C5H9ClN/c1-7-3-2-5(6)4-7/h4-5H,2-3H2,1H3. The first kappa shape index (κ1) is 5.39. The second-order valence-corrected chi connectivity index (χ2v) is 2.49. The Kier molecular flexibility index (Phi) is 1.55. The minimum absolute atomic E-state index is 0.296. The molecule has 0 spiro atoms. The minimum atomic E-state index is 0.296. The van der Waals surface area contributed by atoms with E-state index in [0.717, 1.165) is 13.0 Å². The van der Waals surface area contributed by atoms with Crippen molar-refractivity contribution >= 4 is 11.6 Å². The lowest BCUT2D eigenvalue weighted by molar-refractivity contribution is 0.474. The lowest BCUT2D eigenvalue weighted by Gasteiger charge is -2.01. The summed E-state index contributed by atoms with van der Waals surface area (Å²) in [4.78, 5) is 2.12. The third-order valence-corrected chi connectivity index (χ3v) is 1.50. The molecule has 0 N–H and O–H groups in total. The van der Waals surface area contributed by atoms with Crippen molar-refractivity contribution in [1.29, 1.82) is 0 Å². The van der Waals surface area contributed by atoms with Gasteiger partial charge in [-0.05, 0) is 20.0 Å². The maximum absolute atomic E-state index is 5.71. The smallest absolute Gasteiger partial charge is 0.0519 e. The molecule has 1 aliphatic heterocycles. The molecule has 1 nitrogen and oxygen atoms in total. The molecule has 1 rings (SSSR count).